The van der Waals surface area contributed by atoms with Crippen LogP contribution in [0.3, 0.4) is 0 Å². The molecule has 1 N–H and O–H groups in total. The second kappa shape index (κ2) is 6.17. The predicted molar refractivity (Wildman–Crippen MR) is 85.8 cm³/mol. The van der Waals surface area contributed by atoms with Gasteiger partial charge in [-0.05, 0) is 66.8 Å². The van der Waals surface area contributed by atoms with Crippen molar-refractivity contribution < 1.29 is 0 Å². The monoisotopic (exact) mass is 305 g/mol. The summed E-state index contributed by atoms with van der Waals surface area (Å²) in [4.78, 5) is 0. The van der Waals surface area contributed by atoms with E-state index < -0.39 is 0 Å². The van der Waals surface area contributed by atoms with Gasteiger partial charge >= 0.3 is 0 Å². The van der Waals surface area contributed by atoms with Crippen molar-refractivity contribution in [3.05, 3.63) is 69.2 Å². The van der Waals surface area contributed by atoms with Crippen molar-refractivity contribution in [1.82, 2.24) is 5.32 Å². The summed E-state index contributed by atoms with van der Waals surface area (Å²) >= 11 is 11.9. The molecule has 0 spiro atoms. The van der Waals surface area contributed by atoms with Gasteiger partial charge < -0.3 is 5.32 Å². The summed E-state index contributed by atoms with van der Waals surface area (Å²) in [5.41, 5.74) is 4.14. The van der Waals surface area contributed by atoms with Crippen LogP contribution in [-0.4, -0.2) is 12.6 Å². The maximum Gasteiger partial charge on any atom is 0.0408 e. The van der Waals surface area contributed by atoms with E-state index >= 15 is 0 Å². The first-order valence-electron chi connectivity index (χ1n) is 6.96. The van der Waals surface area contributed by atoms with Gasteiger partial charge in [-0.25, -0.2) is 0 Å². The van der Waals surface area contributed by atoms with E-state index in [-0.39, 0.29) is 0 Å². The lowest BCUT2D eigenvalue weighted by atomic mass is 10.1. The summed E-state index contributed by atoms with van der Waals surface area (Å²) in [6, 6.07) is 14.8. The van der Waals surface area contributed by atoms with Gasteiger partial charge in [0.1, 0.15) is 0 Å². The van der Waals surface area contributed by atoms with Gasteiger partial charge in [-0.1, -0.05) is 41.4 Å². The summed E-state index contributed by atoms with van der Waals surface area (Å²) in [6.45, 7) is 0.994. The second-order valence-electron chi connectivity index (χ2n) is 5.35. The molecule has 1 nitrogen and oxygen atoms in total. The van der Waals surface area contributed by atoms with Crippen LogP contribution in [0.25, 0.3) is 0 Å². The van der Waals surface area contributed by atoms with E-state index in [0.29, 0.717) is 6.04 Å². The minimum Gasteiger partial charge on any atom is -0.313 e. The molecule has 0 fully saturated rings. The number of benzene rings is 2. The summed E-state index contributed by atoms with van der Waals surface area (Å²) in [6.07, 6.45) is 3.22. The van der Waals surface area contributed by atoms with Gasteiger partial charge in [0.25, 0.3) is 0 Å². The van der Waals surface area contributed by atoms with E-state index in [2.05, 4.69) is 29.6 Å². The smallest absolute Gasteiger partial charge is 0.0408 e. The van der Waals surface area contributed by atoms with E-state index in [1.807, 2.05) is 18.2 Å². The van der Waals surface area contributed by atoms with E-state index in [1.54, 1.807) is 0 Å². The fraction of sp³-hybridized carbons (Fsp3) is 0.294. The van der Waals surface area contributed by atoms with Crippen LogP contribution in [0.4, 0.5) is 0 Å². The van der Waals surface area contributed by atoms with Crippen LogP contribution in [0, 0.1) is 0 Å². The number of nitrogens with one attached hydrogen (secondary N) is 1. The van der Waals surface area contributed by atoms with E-state index in [0.717, 1.165) is 35.9 Å². The van der Waals surface area contributed by atoms with Crippen molar-refractivity contribution in [2.45, 2.75) is 25.3 Å². The average Bonchev–Trinajstić information content (AvgIpc) is 2.83. The molecule has 0 bridgehead atoms. The largest absolute Gasteiger partial charge is 0.313 e. The molecule has 0 aromatic heterocycles. The number of rotatable bonds is 4. The van der Waals surface area contributed by atoms with E-state index in [1.165, 1.54) is 16.7 Å². The highest BCUT2D eigenvalue weighted by Crippen LogP contribution is 2.25. The van der Waals surface area contributed by atoms with Crippen molar-refractivity contribution >= 4 is 23.2 Å². The van der Waals surface area contributed by atoms with Gasteiger partial charge in [-0.2, -0.15) is 0 Å². The van der Waals surface area contributed by atoms with Crippen molar-refractivity contribution in [2.24, 2.45) is 0 Å². The summed E-state index contributed by atoms with van der Waals surface area (Å²) in [7, 11) is 0. The lowest BCUT2D eigenvalue weighted by Gasteiger charge is -2.11. The molecule has 0 heterocycles. The molecular formula is C17H17Cl2N. The highest BCUT2D eigenvalue weighted by molar-refractivity contribution is 6.30. The Kier molecular flexibility index (Phi) is 4.30. The van der Waals surface area contributed by atoms with Gasteiger partial charge in [-0.3, -0.25) is 0 Å². The van der Waals surface area contributed by atoms with E-state index in [9.17, 15) is 0 Å². The van der Waals surface area contributed by atoms with Gasteiger partial charge in [0.2, 0.25) is 0 Å². The van der Waals surface area contributed by atoms with E-state index in [4.69, 9.17) is 23.2 Å². The molecule has 2 aromatic carbocycles. The Morgan fingerprint density at radius 3 is 2.40 bits per heavy atom. The Bertz CT molecular complexity index is 592. The number of hydrogen-bond donors (Lipinski definition) is 1. The van der Waals surface area contributed by atoms with Gasteiger partial charge in [0.15, 0.2) is 0 Å². The molecule has 3 heteroatoms. The molecule has 1 aliphatic rings. The molecule has 1 unspecified atom stereocenters. The minimum absolute atomic E-state index is 0.538. The zero-order valence-corrected chi connectivity index (χ0v) is 12.7. The molecule has 1 atom stereocenters. The molecule has 1 aliphatic carbocycles. The first-order valence-corrected chi connectivity index (χ1v) is 7.71. The fourth-order valence-corrected chi connectivity index (χ4v) is 3.12. The first kappa shape index (κ1) is 13.9. The number of halogens is 2. The lowest BCUT2D eigenvalue weighted by Crippen LogP contribution is -2.31. The highest BCUT2D eigenvalue weighted by Gasteiger charge is 2.20. The molecule has 104 valence electrons. The molecular weight excluding hydrogens is 289 g/mol. The van der Waals surface area contributed by atoms with Crippen LogP contribution >= 0.6 is 23.2 Å². The highest BCUT2D eigenvalue weighted by atomic mass is 35.5. The van der Waals surface area contributed by atoms with Crippen LogP contribution in [0.5, 0.6) is 0 Å². The average molecular weight is 306 g/mol. The quantitative estimate of drug-likeness (QED) is 0.888. The number of fused-ring (bicyclic) bond motifs is 1. The molecule has 2 aromatic rings. The zero-order chi connectivity index (χ0) is 13.9. The standard InChI is InChI=1S/C17H17Cl2N/c18-15-4-1-12(2-5-15)7-8-20-17-10-13-3-6-16(19)9-14(13)11-17/h1-6,9,17,20H,7-8,10-11H2. The van der Waals surface area contributed by atoms with Crippen molar-refractivity contribution in [3.8, 4) is 0 Å². The maximum atomic E-state index is 6.04. The zero-order valence-electron chi connectivity index (χ0n) is 11.2. The Morgan fingerprint density at radius 1 is 0.900 bits per heavy atom. The molecule has 0 amide bonds. The Labute approximate surface area is 129 Å². The SMILES string of the molecule is Clc1ccc(CCNC2Cc3ccc(Cl)cc3C2)cc1. The maximum absolute atomic E-state index is 6.04. The molecule has 0 aliphatic heterocycles. The third-order valence-electron chi connectivity index (χ3n) is 3.86. The molecule has 3 rings (SSSR count). The summed E-state index contributed by atoms with van der Waals surface area (Å²) < 4.78 is 0. The number of hydrogen-bond acceptors (Lipinski definition) is 1. The molecule has 20 heavy (non-hydrogen) atoms. The Morgan fingerprint density at radius 2 is 1.60 bits per heavy atom. The second-order valence-corrected chi connectivity index (χ2v) is 6.22. The third kappa shape index (κ3) is 3.35. The van der Waals surface area contributed by atoms with Crippen LogP contribution in [-0.2, 0) is 19.3 Å². The van der Waals surface area contributed by atoms with Crippen LogP contribution in [0.1, 0.15) is 16.7 Å². The molecule has 0 saturated heterocycles. The van der Waals surface area contributed by atoms with Crippen molar-refractivity contribution in [3.63, 3.8) is 0 Å². The molecule has 0 radical (unpaired) electrons. The van der Waals surface area contributed by atoms with Crippen molar-refractivity contribution in [1.29, 1.82) is 0 Å². The predicted octanol–water partition coefficient (Wildman–Crippen LogP) is 4.29. The van der Waals surface area contributed by atoms with Gasteiger partial charge in [0.05, 0.1) is 0 Å². The fourth-order valence-electron chi connectivity index (χ4n) is 2.80. The molecule has 0 saturated carbocycles. The summed E-state index contributed by atoms with van der Waals surface area (Å²) in [5, 5.41) is 5.27. The minimum atomic E-state index is 0.538. The van der Waals surface area contributed by atoms with Crippen LogP contribution in [0.2, 0.25) is 10.0 Å². The van der Waals surface area contributed by atoms with Crippen LogP contribution < -0.4 is 5.32 Å². The van der Waals surface area contributed by atoms with Gasteiger partial charge in [-0.15, -0.1) is 0 Å². The van der Waals surface area contributed by atoms with Gasteiger partial charge in [0, 0.05) is 16.1 Å². The normalized spacial score (nSPS) is 17.2. The van der Waals surface area contributed by atoms with Crippen molar-refractivity contribution in [2.75, 3.05) is 6.54 Å². The topological polar surface area (TPSA) is 12.0 Å². The Hall–Kier alpha value is -1.02. The lowest BCUT2D eigenvalue weighted by molar-refractivity contribution is 0.536. The first-order chi connectivity index (χ1) is 9.70. The van der Waals surface area contributed by atoms with Crippen LogP contribution in [0.15, 0.2) is 42.5 Å². The third-order valence-corrected chi connectivity index (χ3v) is 4.35. The summed E-state index contributed by atoms with van der Waals surface area (Å²) in [5.74, 6) is 0. The Balaban J connectivity index is 1.50.